The Morgan fingerprint density at radius 2 is 1.10 bits per heavy atom. The van der Waals surface area contributed by atoms with Gasteiger partial charge in [0.25, 0.3) is 0 Å². The van der Waals surface area contributed by atoms with Crippen molar-refractivity contribution in [1.82, 2.24) is 0 Å². The van der Waals surface area contributed by atoms with Gasteiger partial charge in [-0.1, -0.05) is 102 Å². The summed E-state index contributed by atoms with van der Waals surface area (Å²) in [7, 11) is 0. The molecular formula is C48H50Cl2Zr-2. The number of hydrogen-bond acceptors (Lipinski definition) is 0. The van der Waals surface area contributed by atoms with Crippen molar-refractivity contribution in [3.05, 3.63) is 160 Å². The molecule has 0 radical (unpaired) electrons. The van der Waals surface area contributed by atoms with Crippen molar-refractivity contribution in [3.8, 4) is 0 Å². The predicted octanol–water partition coefficient (Wildman–Crippen LogP) is 6.88. The molecule has 0 nitrogen and oxygen atoms in total. The van der Waals surface area contributed by atoms with Gasteiger partial charge < -0.3 is 24.8 Å². The number of hydrogen-bond donors (Lipinski definition) is 0. The summed E-state index contributed by atoms with van der Waals surface area (Å²) >= 11 is 1.46. The molecule has 1 atom stereocenters. The van der Waals surface area contributed by atoms with E-state index in [1.165, 1.54) is 99.1 Å². The molecule has 0 saturated carbocycles. The number of allylic oxidation sites excluding steroid dienone is 8. The van der Waals surface area contributed by atoms with Gasteiger partial charge in [0.1, 0.15) is 0 Å². The average Bonchev–Trinajstić information content (AvgIpc) is 3.77. The Bertz CT molecular complexity index is 2050. The zero-order chi connectivity index (χ0) is 35.3. The summed E-state index contributed by atoms with van der Waals surface area (Å²) in [6.07, 6.45) is 12.5. The normalized spacial score (nSPS) is 17.4. The molecule has 3 aliphatic rings. The standard InChI is InChI=1S/C25H25.C13H10.C10H15.2ClH.Zr/c1-14-12-24(3,4)22-8-16-7-17-9-23-19(15(2)13-25(23,5)6)11-21(17)20(16)10-18(14)22;1-3-7-12(8-4-1)11-13-9-5-2-6-10-13;1-8-5-6-9(7-8)10(2,3)4;;;/h7-13H,1-6H3;1-10H;6-8H,1-4H3;2*1H;/q-1;;-1;;;+2/p-2. The molecule has 0 aromatic heterocycles. The molecule has 0 N–H and O–H groups in total. The maximum absolute atomic E-state index is 3.26. The van der Waals surface area contributed by atoms with E-state index in [4.69, 9.17) is 0 Å². The average molecular weight is 789 g/mol. The van der Waals surface area contributed by atoms with Gasteiger partial charge in [-0.05, 0) is 36.1 Å². The number of benzene rings is 4. The molecule has 0 fully saturated rings. The number of fused-ring (bicyclic) bond motifs is 5. The van der Waals surface area contributed by atoms with Crippen LogP contribution in [0, 0.1) is 17.4 Å². The maximum atomic E-state index is 3.26. The first-order chi connectivity index (χ1) is 23.0. The zero-order valence-corrected chi connectivity index (χ0v) is 35.8. The summed E-state index contributed by atoms with van der Waals surface area (Å²) in [5.74, 6) is 0.522. The van der Waals surface area contributed by atoms with Crippen molar-refractivity contribution < 1.29 is 49.0 Å². The predicted molar refractivity (Wildman–Crippen MR) is 211 cm³/mol. The summed E-state index contributed by atoms with van der Waals surface area (Å²) in [6.45, 7) is 22.6. The molecule has 5 aromatic rings. The molecule has 0 amide bonds. The Morgan fingerprint density at radius 1 is 0.686 bits per heavy atom. The summed E-state index contributed by atoms with van der Waals surface area (Å²) in [6, 6.07) is 33.2. The van der Waals surface area contributed by atoms with E-state index >= 15 is 0 Å². The Hall–Kier alpha value is -2.96. The van der Waals surface area contributed by atoms with Crippen LogP contribution in [0.25, 0.3) is 32.7 Å². The van der Waals surface area contributed by atoms with E-state index in [0.717, 1.165) is 0 Å². The Balaban J connectivity index is 0.000000191. The third-order valence-corrected chi connectivity index (χ3v) is 11.7. The van der Waals surface area contributed by atoms with Gasteiger partial charge in [0, 0.05) is 10.8 Å². The van der Waals surface area contributed by atoms with Gasteiger partial charge >= 0.3 is 99.2 Å². The summed E-state index contributed by atoms with van der Waals surface area (Å²) in [4.78, 5) is 0. The Morgan fingerprint density at radius 3 is 1.43 bits per heavy atom. The van der Waals surface area contributed by atoms with E-state index in [2.05, 4.69) is 191 Å². The molecule has 0 heterocycles. The molecule has 0 saturated heterocycles. The topological polar surface area (TPSA) is 0 Å². The van der Waals surface area contributed by atoms with Crippen LogP contribution in [0.3, 0.4) is 0 Å². The number of halogens is 2. The first kappa shape index (κ1) is 40.8. The van der Waals surface area contributed by atoms with E-state index in [9.17, 15) is 0 Å². The monoisotopic (exact) mass is 786 g/mol. The van der Waals surface area contributed by atoms with Crippen LogP contribution in [0.5, 0.6) is 0 Å². The molecule has 1 unspecified atom stereocenters. The van der Waals surface area contributed by atoms with Crippen molar-refractivity contribution in [2.75, 3.05) is 0 Å². The fourth-order valence-corrected chi connectivity index (χ4v) is 8.47. The SMILES string of the molecule is CC1=CC(C)(C)c2cc3[cH-]c4cc5c(cc4c3cc21)C(C)=CC5(C)C.CC1[C-]=CC(C(C)(C)C)=C1.[Cl-].[Cl-].[Zr+2]=[C](c1ccccc1)c1ccccc1. The Kier molecular flexibility index (Phi) is 12.5. The molecule has 0 spiro atoms. The fourth-order valence-electron chi connectivity index (χ4n) is 7.65. The van der Waals surface area contributed by atoms with Gasteiger partial charge in [0.05, 0.1) is 0 Å². The fraction of sp³-hybridized carbons (Fsp3) is 0.292. The summed E-state index contributed by atoms with van der Waals surface area (Å²) in [5.41, 5.74) is 13.3. The second-order valence-corrected chi connectivity index (χ2v) is 17.5. The van der Waals surface area contributed by atoms with E-state index in [0.29, 0.717) is 11.3 Å². The second-order valence-electron chi connectivity index (χ2n) is 16.3. The Labute approximate surface area is 334 Å². The van der Waals surface area contributed by atoms with Crippen LogP contribution in [0.2, 0.25) is 0 Å². The molecule has 0 aliphatic heterocycles. The molecule has 3 heteroatoms. The molecule has 3 aliphatic carbocycles. The second kappa shape index (κ2) is 15.6. The van der Waals surface area contributed by atoms with Crippen LogP contribution in [-0.4, -0.2) is 3.21 Å². The summed E-state index contributed by atoms with van der Waals surface area (Å²) in [5, 5.41) is 5.57. The van der Waals surface area contributed by atoms with E-state index in [-0.39, 0.29) is 35.6 Å². The van der Waals surface area contributed by atoms with Crippen LogP contribution < -0.4 is 24.8 Å². The molecule has 51 heavy (non-hydrogen) atoms. The molecule has 8 rings (SSSR count). The summed E-state index contributed by atoms with van der Waals surface area (Å²) < 4.78 is 1.42. The van der Waals surface area contributed by atoms with E-state index in [1.807, 2.05) is 0 Å². The van der Waals surface area contributed by atoms with Crippen molar-refractivity contribution >= 4 is 35.9 Å². The molecule has 262 valence electrons. The van der Waals surface area contributed by atoms with E-state index in [1.54, 1.807) is 0 Å². The minimum atomic E-state index is 0. The van der Waals surface area contributed by atoms with Crippen LogP contribution >= 0.6 is 0 Å². The van der Waals surface area contributed by atoms with Gasteiger partial charge in [0.2, 0.25) is 0 Å². The minimum absolute atomic E-state index is 0. The van der Waals surface area contributed by atoms with Gasteiger partial charge in [-0.25, -0.2) is 6.08 Å². The van der Waals surface area contributed by atoms with Gasteiger partial charge in [-0.3, -0.25) is 6.08 Å². The van der Waals surface area contributed by atoms with Crippen molar-refractivity contribution in [2.45, 2.75) is 80.1 Å². The van der Waals surface area contributed by atoms with Crippen LogP contribution in [0.4, 0.5) is 0 Å². The third kappa shape index (κ3) is 8.49. The molecule has 5 aromatic carbocycles. The first-order valence-corrected chi connectivity index (χ1v) is 18.9. The zero-order valence-electron chi connectivity index (χ0n) is 31.8. The van der Waals surface area contributed by atoms with E-state index < -0.39 is 0 Å². The first-order valence-electron chi connectivity index (χ1n) is 17.7. The molecular weight excluding hydrogens is 739 g/mol. The molecule has 0 bridgehead atoms. The quantitative estimate of drug-likeness (QED) is 0.171. The van der Waals surface area contributed by atoms with Crippen molar-refractivity contribution in [3.63, 3.8) is 0 Å². The van der Waals surface area contributed by atoms with Gasteiger partial charge in [-0.15, -0.1) is 39.7 Å². The van der Waals surface area contributed by atoms with Crippen molar-refractivity contribution in [2.24, 2.45) is 11.3 Å². The van der Waals surface area contributed by atoms with Crippen LogP contribution in [0.15, 0.2) is 121 Å². The number of rotatable bonds is 2. The van der Waals surface area contributed by atoms with Gasteiger partial charge in [-0.2, -0.15) is 11.6 Å². The third-order valence-electron chi connectivity index (χ3n) is 10.3. The van der Waals surface area contributed by atoms with Gasteiger partial charge in [0.15, 0.2) is 0 Å². The van der Waals surface area contributed by atoms with Crippen LogP contribution in [0.1, 0.15) is 103 Å². The van der Waals surface area contributed by atoms with Crippen LogP contribution in [-0.2, 0) is 35.1 Å². The van der Waals surface area contributed by atoms with Crippen molar-refractivity contribution in [1.29, 1.82) is 0 Å².